The summed E-state index contributed by atoms with van der Waals surface area (Å²) < 4.78 is 14.8. The Morgan fingerprint density at radius 3 is 2.69 bits per heavy atom. The van der Waals surface area contributed by atoms with E-state index in [2.05, 4.69) is 10.4 Å². The normalized spacial score (nSPS) is 10.7. The number of halogens is 1. The molecule has 3 rings (SSSR count). The molecule has 0 unspecified atom stereocenters. The van der Waals surface area contributed by atoms with Gasteiger partial charge in [-0.1, -0.05) is 23.8 Å². The van der Waals surface area contributed by atoms with Crippen molar-refractivity contribution in [2.24, 2.45) is 0 Å². The first kappa shape index (κ1) is 17.8. The number of hydrogen-bond acceptors (Lipinski definition) is 3. The highest BCUT2D eigenvalue weighted by molar-refractivity contribution is 5.99. The number of nitrogens with zero attached hydrogens (tertiary/aromatic N) is 2. The number of carbonyl (C=O) groups is 1. The second-order valence-electron chi connectivity index (χ2n) is 6.01. The van der Waals surface area contributed by atoms with Crippen LogP contribution in [0.15, 0.2) is 54.7 Å². The van der Waals surface area contributed by atoms with Gasteiger partial charge in [-0.3, -0.25) is 4.79 Å². The number of hydrogen-bond donors (Lipinski definition) is 2. The summed E-state index contributed by atoms with van der Waals surface area (Å²) in [7, 11) is 0. The number of amides is 1. The highest BCUT2D eigenvalue weighted by Gasteiger charge is 2.18. The van der Waals surface area contributed by atoms with Crippen molar-refractivity contribution >= 4 is 5.91 Å². The lowest BCUT2D eigenvalue weighted by Gasteiger charge is -2.05. The van der Waals surface area contributed by atoms with Crippen LogP contribution in [0.2, 0.25) is 0 Å². The molecule has 1 aromatic heterocycles. The van der Waals surface area contributed by atoms with E-state index >= 15 is 0 Å². The number of carbonyl (C=O) groups excluding carboxylic acids is 1. The lowest BCUT2D eigenvalue weighted by atomic mass is 10.1. The van der Waals surface area contributed by atoms with Gasteiger partial charge in [0.1, 0.15) is 11.5 Å². The van der Waals surface area contributed by atoms with Gasteiger partial charge >= 0.3 is 0 Å². The van der Waals surface area contributed by atoms with Crippen LogP contribution in [0.25, 0.3) is 16.9 Å². The molecular formula is C20H20FN3O2. The van der Waals surface area contributed by atoms with Crippen LogP contribution < -0.4 is 5.32 Å². The van der Waals surface area contributed by atoms with Crippen LogP contribution >= 0.6 is 0 Å². The van der Waals surface area contributed by atoms with Gasteiger partial charge in [-0.15, -0.1) is 0 Å². The lowest BCUT2D eigenvalue weighted by Crippen LogP contribution is -2.25. The van der Waals surface area contributed by atoms with Crippen LogP contribution in [-0.2, 0) is 0 Å². The van der Waals surface area contributed by atoms with Crippen molar-refractivity contribution in [2.45, 2.75) is 13.3 Å². The number of benzene rings is 2. The largest absolute Gasteiger partial charge is 0.396 e. The van der Waals surface area contributed by atoms with Crippen molar-refractivity contribution in [3.05, 3.63) is 71.7 Å². The molecule has 0 fully saturated rings. The van der Waals surface area contributed by atoms with Crippen LogP contribution in [0.4, 0.5) is 4.39 Å². The van der Waals surface area contributed by atoms with E-state index in [-0.39, 0.29) is 18.3 Å². The Labute approximate surface area is 151 Å². The minimum absolute atomic E-state index is 0.0137. The summed E-state index contributed by atoms with van der Waals surface area (Å²) in [5, 5.41) is 16.2. The molecule has 0 spiro atoms. The molecule has 0 radical (unpaired) electrons. The molecule has 0 aliphatic carbocycles. The zero-order chi connectivity index (χ0) is 18.5. The van der Waals surface area contributed by atoms with Crippen molar-refractivity contribution in [2.75, 3.05) is 13.2 Å². The van der Waals surface area contributed by atoms with Gasteiger partial charge < -0.3 is 10.4 Å². The van der Waals surface area contributed by atoms with E-state index in [4.69, 9.17) is 5.11 Å². The van der Waals surface area contributed by atoms with Crippen LogP contribution in [0.1, 0.15) is 22.3 Å². The van der Waals surface area contributed by atoms with E-state index in [0.29, 0.717) is 29.9 Å². The summed E-state index contributed by atoms with van der Waals surface area (Å²) in [4.78, 5) is 12.6. The SMILES string of the molecule is Cc1cccc(-c2nn(-c3ccc(F)cc3)cc2C(=O)NCCCO)c1. The quantitative estimate of drug-likeness (QED) is 0.669. The average Bonchev–Trinajstić information content (AvgIpc) is 3.08. The molecule has 0 aliphatic rings. The first-order valence-electron chi connectivity index (χ1n) is 8.40. The van der Waals surface area contributed by atoms with Gasteiger partial charge in [0.05, 0.1) is 11.3 Å². The predicted molar refractivity (Wildman–Crippen MR) is 97.7 cm³/mol. The Bertz CT molecular complexity index is 904. The van der Waals surface area contributed by atoms with E-state index in [1.54, 1.807) is 23.0 Å². The maximum atomic E-state index is 13.2. The number of rotatable bonds is 6. The fourth-order valence-corrected chi connectivity index (χ4v) is 2.65. The van der Waals surface area contributed by atoms with Gasteiger partial charge in [0.15, 0.2) is 0 Å². The maximum Gasteiger partial charge on any atom is 0.255 e. The second-order valence-corrected chi connectivity index (χ2v) is 6.01. The molecule has 2 aromatic carbocycles. The number of nitrogens with one attached hydrogen (secondary N) is 1. The highest BCUT2D eigenvalue weighted by atomic mass is 19.1. The summed E-state index contributed by atoms with van der Waals surface area (Å²) >= 11 is 0. The summed E-state index contributed by atoms with van der Waals surface area (Å²) in [5.41, 5.74) is 3.54. The molecule has 0 aliphatic heterocycles. The molecule has 26 heavy (non-hydrogen) atoms. The first-order chi connectivity index (χ1) is 12.6. The van der Waals surface area contributed by atoms with E-state index in [1.165, 1.54) is 12.1 Å². The van der Waals surface area contributed by atoms with E-state index < -0.39 is 0 Å². The van der Waals surface area contributed by atoms with Crippen LogP contribution in [0.3, 0.4) is 0 Å². The average molecular weight is 353 g/mol. The molecule has 5 nitrogen and oxygen atoms in total. The predicted octanol–water partition coefficient (Wildman–Crippen LogP) is 3.10. The monoisotopic (exact) mass is 353 g/mol. The third-order valence-corrected chi connectivity index (χ3v) is 3.96. The lowest BCUT2D eigenvalue weighted by molar-refractivity contribution is 0.0952. The maximum absolute atomic E-state index is 13.2. The van der Waals surface area contributed by atoms with Crippen molar-refractivity contribution in [1.82, 2.24) is 15.1 Å². The van der Waals surface area contributed by atoms with Gasteiger partial charge in [-0.05, 0) is 43.7 Å². The van der Waals surface area contributed by atoms with Gasteiger partial charge in [-0.2, -0.15) is 5.10 Å². The number of aliphatic hydroxyl groups excluding tert-OH is 1. The standard InChI is InChI=1S/C20H20FN3O2/c1-14-4-2-5-15(12-14)19-18(20(26)22-10-3-11-25)13-24(23-19)17-8-6-16(21)7-9-17/h2,4-9,12-13,25H,3,10-11H2,1H3,(H,22,26). The highest BCUT2D eigenvalue weighted by Crippen LogP contribution is 2.24. The van der Waals surface area contributed by atoms with Gasteiger partial charge in [0, 0.05) is 24.9 Å². The minimum atomic E-state index is -0.332. The Balaban J connectivity index is 2.02. The molecule has 0 saturated carbocycles. The molecule has 1 heterocycles. The Morgan fingerprint density at radius 2 is 2.00 bits per heavy atom. The zero-order valence-corrected chi connectivity index (χ0v) is 14.4. The van der Waals surface area contributed by atoms with Crippen molar-refractivity contribution in [3.8, 4) is 16.9 Å². The van der Waals surface area contributed by atoms with Crippen molar-refractivity contribution in [3.63, 3.8) is 0 Å². The fourth-order valence-electron chi connectivity index (χ4n) is 2.65. The molecule has 0 atom stereocenters. The Kier molecular flexibility index (Phi) is 5.43. The smallest absolute Gasteiger partial charge is 0.255 e. The molecule has 134 valence electrons. The summed E-state index contributed by atoms with van der Waals surface area (Å²) in [6.07, 6.45) is 2.12. The third kappa shape index (κ3) is 3.97. The van der Waals surface area contributed by atoms with Gasteiger partial charge in [0.25, 0.3) is 5.91 Å². The van der Waals surface area contributed by atoms with Gasteiger partial charge in [-0.25, -0.2) is 9.07 Å². The first-order valence-corrected chi connectivity index (χ1v) is 8.40. The van der Waals surface area contributed by atoms with Gasteiger partial charge in [0.2, 0.25) is 0 Å². The van der Waals surface area contributed by atoms with Crippen molar-refractivity contribution in [1.29, 1.82) is 0 Å². The van der Waals surface area contributed by atoms with Crippen molar-refractivity contribution < 1.29 is 14.3 Å². The zero-order valence-electron chi connectivity index (χ0n) is 14.4. The number of aliphatic hydroxyl groups is 1. The fraction of sp³-hybridized carbons (Fsp3) is 0.200. The Hall–Kier alpha value is -2.99. The number of aromatic nitrogens is 2. The molecule has 6 heteroatoms. The van der Waals surface area contributed by atoms with Crippen LogP contribution in [0.5, 0.6) is 0 Å². The summed E-state index contributed by atoms with van der Waals surface area (Å²) in [5.74, 6) is -0.592. The van der Waals surface area contributed by atoms with E-state index in [1.807, 2.05) is 31.2 Å². The van der Waals surface area contributed by atoms with Crippen LogP contribution in [-0.4, -0.2) is 33.9 Å². The van der Waals surface area contributed by atoms with Crippen LogP contribution in [0, 0.1) is 12.7 Å². The summed E-state index contributed by atoms with van der Waals surface area (Å²) in [6, 6.07) is 13.7. The Morgan fingerprint density at radius 1 is 1.23 bits per heavy atom. The summed E-state index contributed by atoms with van der Waals surface area (Å²) in [6.45, 7) is 2.37. The van der Waals surface area contributed by atoms with E-state index in [0.717, 1.165) is 11.1 Å². The molecule has 0 saturated heterocycles. The number of aryl methyl sites for hydroxylation is 1. The molecule has 2 N–H and O–H groups in total. The molecule has 1 amide bonds. The molecule has 3 aromatic rings. The van der Waals surface area contributed by atoms with E-state index in [9.17, 15) is 9.18 Å². The molecular weight excluding hydrogens is 333 g/mol. The molecule has 0 bridgehead atoms. The second kappa shape index (κ2) is 7.93. The topological polar surface area (TPSA) is 67.2 Å². The third-order valence-electron chi connectivity index (χ3n) is 3.96. The minimum Gasteiger partial charge on any atom is -0.396 e.